The number of sulfonamides is 1. The van der Waals surface area contributed by atoms with Crippen molar-refractivity contribution in [3.63, 3.8) is 0 Å². The van der Waals surface area contributed by atoms with Crippen LogP contribution in [0.5, 0.6) is 11.8 Å². The third-order valence-corrected chi connectivity index (χ3v) is 6.21. The van der Waals surface area contributed by atoms with Gasteiger partial charge in [0, 0.05) is 18.4 Å². The fourth-order valence-electron chi connectivity index (χ4n) is 3.19. The maximum atomic E-state index is 13.2. The van der Waals surface area contributed by atoms with Gasteiger partial charge in [0.25, 0.3) is 11.8 Å². The number of ether oxygens (including phenoxy) is 2. The van der Waals surface area contributed by atoms with Gasteiger partial charge in [-0.1, -0.05) is 0 Å². The first kappa shape index (κ1) is 19.5. The van der Waals surface area contributed by atoms with E-state index in [9.17, 15) is 12.8 Å². The van der Waals surface area contributed by atoms with Crippen molar-refractivity contribution >= 4 is 10.0 Å². The van der Waals surface area contributed by atoms with Crippen LogP contribution < -0.4 is 14.2 Å². The molecular weight excluding hydrogens is 373 g/mol. The molecule has 0 spiro atoms. The molecule has 0 unspecified atom stereocenters. The van der Waals surface area contributed by atoms with Gasteiger partial charge in [-0.2, -0.15) is 0 Å². The smallest absolute Gasteiger partial charge is 0.278 e. The first-order chi connectivity index (χ1) is 12.9. The van der Waals surface area contributed by atoms with E-state index in [0.717, 1.165) is 6.07 Å². The average Bonchev–Trinajstić information content (AvgIpc) is 2.63. The third-order valence-electron chi connectivity index (χ3n) is 4.53. The second-order valence-electron chi connectivity index (χ2n) is 6.49. The molecule has 0 saturated heterocycles. The molecular formula is C18H22FN3O4S. The third kappa shape index (κ3) is 4.72. The number of benzene rings is 1. The number of aromatic nitrogens is 2. The van der Waals surface area contributed by atoms with Gasteiger partial charge in [-0.15, -0.1) is 0 Å². The number of nitrogens with zero attached hydrogens (tertiary/aromatic N) is 2. The summed E-state index contributed by atoms with van der Waals surface area (Å²) in [6.07, 6.45) is 5.59. The zero-order chi connectivity index (χ0) is 19.4. The summed E-state index contributed by atoms with van der Waals surface area (Å²) in [6.45, 7) is 1.58. The zero-order valence-electron chi connectivity index (χ0n) is 15.2. The Morgan fingerprint density at radius 1 is 1.11 bits per heavy atom. The van der Waals surface area contributed by atoms with Gasteiger partial charge in [-0.25, -0.2) is 27.5 Å². The Hall–Kier alpha value is -2.26. The maximum Gasteiger partial charge on any atom is 0.278 e. The molecule has 1 aliphatic carbocycles. The van der Waals surface area contributed by atoms with E-state index in [2.05, 4.69) is 14.7 Å². The van der Waals surface area contributed by atoms with Gasteiger partial charge in [-0.05, 0) is 56.4 Å². The van der Waals surface area contributed by atoms with Crippen LogP contribution in [0.25, 0.3) is 0 Å². The van der Waals surface area contributed by atoms with Gasteiger partial charge < -0.3 is 9.47 Å². The van der Waals surface area contributed by atoms with Crippen molar-refractivity contribution in [2.45, 2.75) is 49.6 Å². The van der Waals surface area contributed by atoms with E-state index in [1.54, 1.807) is 6.92 Å². The van der Waals surface area contributed by atoms with Crippen LogP contribution in [-0.4, -0.2) is 37.6 Å². The summed E-state index contributed by atoms with van der Waals surface area (Å²) in [5.74, 6) is 0.210. The van der Waals surface area contributed by atoms with E-state index in [4.69, 9.17) is 9.47 Å². The molecule has 1 fully saturated rings. The van der Waals surface area contributed by atoms with Crippen LogP contribution in [0.15, 0.2) is 35.5 Å². The molecule has 0 amide bonds. The SMILES string of the molecule is COc1nccnc1OC1CCC(NS(=O)(=O)c2ccc(F)cc2C)CC1. The predicted molar refractivity (Wildman–Crippen MR) is 96.7 cm³/mol. The Morgan fingerprint density at radius 3 is 2.41 bits per heavy atom. The lowest BCUT2D eigenvalue weighted by Gasteiger charge is -2.29. The summed E-state index contributed by atoms with van der Waals surface area (Å²) in [5.41, 5.74) is 0.384. The van der Waals surface area contributed by atoms with Crippen molar-refractivity contribution < 1.29 is 22.3 Å². The highest BCUT2D eigenvalue weighted by Gasteiger charge is 2.28. The Balaban J connectivity index is 1.59. The highest BCUT2D eigenvalue weighted by molar-refractivity contribution is 7.89. The van der Waals surface area contributed by atoms with Crippen LogP contribution in [0.4, 0.5) is 4.39 Å². The molecule has 27 heavy (non-hydrogen) atoms. The molecule has 3 rings (SSSR count). The van der Waals surface area contributed by atoms with Crippen molar-refractivity contribution in [1.29, 1.82) is 0 Å². The monoisotopic (exact) mass is 395 g/mol. The molecule has 1 N–H and O–H groups in total. The molecule has 0 aliphatic heterocycles. The fourth-order valence-corrected chi connectivity index (χ4v) is 4.72. The number of rotatable bonds is 6. The highest BCUT2D eigenvalue weighted by Crippen LogP contribution is 2.28. The molecule has 9 heteroatoms. The number of methoxy groups -OCH3 is 1. The molecule has 1 saturated carbocycles. The lowest BCUT2D eigenvalue weighted by atomic mass is 9.94. The average molecular weight is 395 g/mol. The zero-order valence-corrected chi connectivity index (χ0v) is 16.0. The quantitative estimate of drug-likeness (QED) is 0.809. The van der Waals surface area contributed by atoms with Crippen molar-refractivity contribution in [3.05, 3.63) is 42.0 Å². The number of nitrogens with one attached hydrogen (secondary N) is 1. The lowest BCUT2D eigenvalue weighted by Crippen LogP contribution is -2.40. The van der Waals surface area contributed by atoms with Gasteiger partial charge in [0.2, 0.25) is 10.0 Å². The van der Waals surface area contributed by atoms with Gasteiger partial charge in [0.1, 0.15) is 11.9 Å². The molecule has 0 bridgehead atoms. The molecule has 1 aromatic heterocycles. The fraction of sp³-hybridized carbons (Fsp3) is 0.444. The minimum absolute atomic E-state index is 0.0797. The van der Waals surface area contributed by atoms with Crippen molar-refractivity contribution in [3.8, 4) is 11.8 Å². The lowest BCUT2D eigenvalue weighted by molar-refractivity contribution is 0.132. The van der Waals surface area contributed by atoms with E-state index in [-0.39, 0.29) is 17.0 Å². The number of aryl methyl sites for hydroxylation is 1. The first-order valence-corrected chi connectivity index (χ1v) is 10.2. The van der Waals surface area contributed by atoms with Crippen molar-refractivity contribution in [1.82, 2.24) is 14.7 Å². The van der Waals surface area contributed by atoms with Crippen LogP contribution in [0.3, 0.4) is 0 Å². The van der Waals surface area contributed by atoms with Crippen LogP contribution in [0, 0.1) is 12.7 Å². The van der Waals surface area contributed by atoms with Crippen LogP contribution in [0.2, 0.25) is 0 Å². The highest BCUT2D eigenvalue weighted by atomic mass is 32.2. The Morgan fingerprint density at radius 2 is 1.78 bits per heavy atom. The first-order valence-electron chi connectivity index (χ1n) is 8.69. The van der Waals surface area contributed by atoms with E-state index in [1.165, 1.54) is 31.6 Å². The summed E-state index contributed by atoms with van der Waals surface area (Å²) in [6, 6.07) is 3.47. The number of halogens is 1. The minimum Gasteiger partial charge on any atom is -0.477 e. The molecule has 0 atom stereocenters. The van der Waals surface area contributed by atoms with Gasteiger partial charge in [0.05, 0.1) is 12.0 Å². The Bertz CT molecular complexity index is 899. The van der Waals surface area contributed by atoms with Gasteiger partial charge >= 0.3 is 0 Å². The normalized spacial score (nSPS) is 20.3. The van der Waals surface area contributed by atoms with Gasteiger partial charge in [0.15, 0.2) is 0 Å². The Kier molecular flexibility index (Phi) is 5.91. The predicted octanol–water partition coefficient (Wildman–Crippen LogP) is 2.60. The van der Waals surface area contributed by atoms with Crippen LogP contribution >= 0.6 is 0 Å². The molecule has 1 aliphatic rings. The van der Waals surface area contributed by atoms with E-state index in [1.807, 2.05) is 0 Å². The van der Waals surface area contributed by atoms with Crippen molar-refractivity contribution in [2.75, 3.05) is 7.11 Å². The molecule has 1 aromatic carbocycles. The summed E-state index contributed by atoms with van der Waals surface area (Å²) >= 11 is 0. The van der Waals surface area contributed by atoms with Crippen LogP contribution in [0.1, 0.15) is 31.2 Å². The molecule has 7 nitrogen and oxygen atoms in total. The van der Waals surface area contributed by atoms with Crippen LogP contribution in [-0.2, 0) is 10.0 Å². The van der Waals surface area contributed by atoms with E-state index in [0.29, 0.717) is 43.0 Å². The molecule has 146 valence electrons. The minimum atomic E-state index is -3.69. The largest absolute Gasteiger partial charge is 0.477 e. The summed E-state index contributed by atoms with van der Waals surface area (Å²) in [7, 11) is -2.19. The molecule has 1 heterocycles. The van der Waals surface area contributed by atoms with Crippen molar-refractivity contribution in [2.24, 2.45) is 0 Å². The second-order valence-corrected chi connectivity index (χ2v) is 8.18. The number of hydrogen-bond donors (Lipinski definition) is 1. The standard InChI is InChI=1S/C18H22FN3O4S/c1-12-11-13(19)3-8-16(12)27(23,24)22-14-4-6-15(7-5-14)26-18-17(25-2)20-9-10-21-18/h3,8-11,14-15,22H,4-7H2,1-2H3. The van der Waals surface area contributed by atoms with E-state index < -0.39 is 15.8 Å². The summed E-state index contributed by atoms with van der Waals surface area (Å²) in [4.78, 5) is 8.28. The molecule has 2 aromatic rings. The second kappa shape index (κ2) is 8.18. The summed E-state index contributed by atoms with van der Waals surface area (Å²) in [5, 5.41) is 0. The molecule has 0 radical (unpaired) electrons. The maximum absolute atomic E-state index is 13.2. The van der Waals surface area contributed by atoms with Gasteiger partial charge in [-0.3, -0.25) is 0 Å². The topological polar surface area (TPSA) is 90.4 Å². The Labute approximate surface area is 158 Å². The number of hydrogen-bond acceptors (Lipinski definition) is 6. The summed E-state index contributed by atoms with van der Waals surface area (Å²) < 4.78 is 52.1. The van der Waals surface area contributed by atoms with E-state index >= 15 is 0 Å².